The number of nitrogens with one attached hydrogen (secondary N) is 1. The summed E-state index contributed by atoms with van der Waals surface area (Å²) in [6.07, 6.45) is 5.25. The zero-order chi connectivity index (χ0) is 31.7. The Bertz CT molecular complexity index is 639. The van der Waals surface area contributed by atoms with Crippen molar-refractivity contribution in [1.82, 2.24) is 10.2 Å². The Hall–Kier alpha value is -1.76. The van der Waals surface area contributed by atoms with Gasteiger partial charge in [-0.3, -0.25) is 19.2 Å². The maximum atomic E-state index is 11.4. The first kappa shape index (κ1) is 42.7. The summed E-state index contributed by atoms with van der Waals surface area (Å²) < 4.78 is 5.54. The summed E-state index contributed by atoms with van der Waals surface area (Å²) in [7, 11) is 0. The second kappa shape index (κ2) is 27.4. The lowest BCUT2D eigenvalue weighted by Gasteiger charge is -2.19. The van der Waals surface area contributed by atoms with Crippen LogP contribution in [0.1, 0.15) is 128 Å². The van der Waals surface area contributed by atoms with E-state index in [1.807, 2.05) is 34.6 Å². The van der Waals surface area contributed by atoms with Gasteiger partial charge in [0.25, 0.3) is 0 Å². The van der Waals surface area contributed by atoms with Crippen LogP contribution in [0.15, 0.2) is 0 Å². The lowest BCUT2D eigenvalue weighted by Crippen LogP contribution is -2.41. The van der Waals surface area contributed by atoms with Gasteiger partial charge in [0.05, 0.1) is 6.54 Å². The molecule has 238 valence electrons. The summed E-state index contributed by atoms with van der Waals surface area (Å²) in [6, 6.07) is 0. The van der Waals surface area contributed by atoms with E-state index < -0.39 is 0 Å². The zero-order valence-corrected chi connectivity index (χ0v) is 28.4. The fourth-order valence-electron chi connectivity index (χ4n) is 3.56. The normalized spacial score (nSPS) is 10.8. The molecule has 0 saturated carbocycles. The molecule has 7 heteroatoms. The highest BCUT2D eigenvalue weighted by Gasteiger charge is 2.19. The van der Waals surface area contributed by atoms with E-state index in [2.05, 4.69) is 46.9 Å². The SMILES string of the molecule is CCC(=O)CC(CC(=O)CC)C(C)C.CCC(=O)N(CC)CC(=O)NCC(C)C.CCC(CC)COCC(C)C. The maximum Gasteiger partial charge on any atom is 0.239 e. The van der Waals surface area contributed by atoms with E-state index in [1.54, 1.807) is 11.8 Å². The quantitative estimate of drug-likeness (QED) is 0.179. The lowest BCUT2D eigenvalue weighted by molar-refractivity contribution is -0.135. The van der Waals surface area contributed by atoms with Gasteiger partial charge in [0, 0.05) is 58.4 Å². The van der Waals surface area contributed by atoms with Crippen LogP contribution in [0.25, 0.3) is 0 Å². The summed E-state index contributed by atoms with van der Waals surface area (Å²) >= 11 is 0. The molecule has 0 fully saturated rings. The Morgan fingerprint density at radius 2 is 1.20 bits per heavy atom. The number of Topliss-reactive ketones (excluding diaryl/α,β-unsaturated/α-hetero) is 2. The maximum absolute atomic E-state index is 11.4. The van der Waals surface area contributed by atoms with Crippen molar-refractivity contribution in [2.24, 2.45) is 29.6 Å². The molecular formula is C33H66N2O5. The van der Waals surface area contributed by atoms with E-state index in [-0.39, 0.29) is 35.8 Å². The molecule has 7 nitrogen and oxygen atoms in total. The predicted molar refractivity (Wildman–Crippen MR) is 168 cm³/mol. The fourth-order valence-corrected chi connectivity index (χ4v) is 3.56. The van der Waals surface area contributed by atoms with Gasteiger partial charge in [-0.2, -0.15) is 0 Å². The van der Waals surface area contributed by atoms with Crippen molar-refractivity contribution in [3.8, 4) is 0 Å². The molecule has 0 aromatic heterocycles. The number of ether oxygens (including phenoxy) is 1. The first-order valence-corrected chi connectivity index (χ1v) is 15.9. The molecule has 0 aromatic rings. The molecule has 1 N–H and O–H groups in total. The molecule has 0 saturated heterocycles. The van der Waals surface area contributed by atoms with Gasteiger partial charge in [0.2, 0.25) is 11.8 Å². The zero-order valence-electron chi connectivity index (χ0n) is 28.4. The van der Waals surface area contributed by atoms with Crippen LogP contribution in [-0.4, -0.2) is 61.1 Å². The monoisotopic (exact) mass is 570 g/mol. The number of nitrogens with zero attached hydrogens (tertiary/aromatic N) is 1. The molecule has 0 aromatic carbocycles. The Labute approximate surface area is 247 Å². The topological polar surface area (TPSA) is 92.8 Å². The highest BCUT2D eigenvalue weighted by molar-refractivity contribution is 5.84. The Morgan fingerprint density at radius 3 is 1.52 bits per heavy atom. The Morgan fingerprint density at radius 1 is 0.700 bits per heavy atom. The van der Waals surface area contributed by atoms with Gasteiger partial charge in [-0.25, -0.2) is 0 Å². The van der Waals surface area contributed by atoms with E-state index in [0.29, 0.717) is 62.9 Å². The van der Waals surface area contributed by atoms with Crippen LogP contribution in [0.3, 0.4) is 0 Å². The number of hydrogen-bond donors (Lipinski definition) is 1. The number of carbonyl (C=O) groups is 4. The van der Waals surface area contributed by atoms with Gasteiger partial charge in [0.1, 0.15) is 11.6 Å². The number of hydrogen-bond acceptors (Lipinski definition) is 5. The van der Waals surface area contributed by atoms with E-state index in [9.17, 15) is 19.2 Å². The van der Waals surface area contributed by atoms with Crippen molar-refractivity contribution in [2.75, 3.05) is 32.8 Å². The second-order valence-electron chi connectivity index (χ2n) is 11.8. The Balaban J connectivity index is -0.000000520. The van der Waals surface area contributed by atoms with Gasteiger partial charge in [-0.15, -0.1) is 0 Å². The predicted octanol–water partition coefficient (Wildman–Crippen LogP) is 7.11. The third kappa shape index (κ3) is 26.5. The van der Waals surface area contributed by atoms with Gasteiger partial charge in [0.15, 0.2) is 0 Å². The van der Waals surface area contributed by atoms with Crippen LogP contribution >= 0.6 is 0 Å². The van der Waals surface area contributed by atoms with Crippen LogP contribution in [0, 0.1) is 29.6 Å². The standard InChI is InChI=1S/C12H22O2.C11H22N2O2.C10H22O/c1-5-11(13)7-10(9(3)4)8-12(14)6-2;1-5-11(15)13(6-2)8-10(14)12-7-9(3)4;1-5-10(6-2)8-11-7-9(3)4/h9-10H,5-8H2,1-4H3;9H,5-8H2,1-4H3,(H,12,14);9-10H,5-8H2,1-4H3. The molecule has 0 aliphatic heterocycles. The average Bonchev–Trinajstić information content (AvgIpc) is 2.92. The van der Waals surface area contributed by atoms with Crippen molar-refractivity contribution >= 4 is 23.4 Å². The molecular weight excluding hydrogens is 504 g/mol. The third-order valence-electron chi connectivity index (χ3n) is 6.75. The molecule has 0 rings (SSSR count). The molecule has 0 aliphatic carbocycles. The molecule has 40 heavy (non-hydrogen) atoms. The number of likely N-dealkylation sites (N-methyl/N-ethyl adjacent to an activating group) is 1. The number of amides is 2. The van der Waals surface area contributed by atoms with Crippen molar-refractivity contribution in [1.29, 1.82) is 0 Å². The summed E-state index contributed by atoms with van der Waals surface area (Å²) in [5, 5.41) is 2.79. The lowest BCUT2D eigenvalue weighted by atomic mass is 9.85. The van der Waals surface area contributed by atoms with Gasteiger partial charge >= 0.3 is 0 Å². The first-order chi connectivity index (χ1) is 18.7. The van der Waals surface area contributed by atoms with Crippen LogP contribution in [0.2, 0.25) is 0 Å². The molecule has 0 bridgehead atoms. The molecule has 0 unspecified atom stereocenters. The van der Waals surface area contributed by atoms with E-state index in [0.717, 1.165) is 19.1 Å². The largest absolute Gasteiger partial charge is 0.381 e. The number of ketones is 2. The minimum atomic E-state index is -0.0765. The summed E-state index contributed by atoms with van der Waals surface area (Å²) in [5.74, 6) is 3.03. The summed E-state index contributed by atoms with van der Waals surface area (Å²) in [6.45, 7) is 27.8. The summed E-state index contributed by atoms with van der Waals surface area (Å²) in [4.78, 5) is 46.9. The highest BCUT2D eigenvalue weighted by atomic mass is 16.5. The van der Waals surface area contributed by atoms with Gasteiger partial charge in [-0.05, 0) is 36.5 Å². The van der Waals surface area contributed by atoms with Crippen molar-refractivity contribution in [2.45, 2.75) is 128 Å². The van der Waals surface area contributed by atoms with E-state index in [4.69, 9.17) is 4.74 Å². The fraction of sp³-hybridized carbons (Fsp3) is 0.879. The number of carbonyl (C=O) groups excluding carboxylic acids is 4. The van der Waals surface area contributed by atoms with Gasteiger partial charge < -0.3 is 15.0 Å². The number of rotatable bonds is 19. The average molecular weight is 571 g/mol. The molecule has 0 atom stereocenters. The van der Waals surface area contributed by atoms with Crippen LogP contribution in [0.4, 0.5) is 0 Å². The van der Waals surface area contributed by atoms with Crippen molar-refractivity contribution in [3.05, 3.63) is 0 Å². The van der Waals surface area contributed by atoms with Crippen LogP contribution in [-0.2, 0) is 23.9 Å². The minimum Gasteiger partial charge on any atom is -0.381 e. The van der Waals surface area contributed by atoms with Gasteiger partial charge in [-0.1, -0.05) is 89.0 Å². The van der Waals surface area contributed by atoms with Crippen LogP contribution in [0.5, 0.6) is 0 Å². The minimum absolute atomic E-state index is 0.0252. The third-order valence-corrected chi connectivity index (χ3v) is 6.75. The van der Waals surface area contributed by atoms with E-state index >= 15 is 0 Å². The highest BCUT2D eigenvalue weighted by Crippen LogP contribution is 2.21. The molecule has 0 radical (unpaired) electrons. The smallest absolute Gasteiger partial charge is 0.239 e. The van der Waals surface area contributed by atoms with Crippen LogP contribution < -0.4 is 5.32 Å². The first-order valence-electron chi connectivity index (χ1n) is 15.9. The summed E-state index contributed by atoms with van der Waals surface area (Å²) in [5.41, 5.74) is 0. The van der Waals surface area contributed by atoms with Crippen molar-refractivity contribution < 1.29 is 23.9 Å². The second-order valence-corrected chi connectivity index (χ2v) is 11.8. The van der Waals surface area contributed by atoms with E-state index in [1.165, 1.54) is 12.8 Å². The molecule has 2 amide bonds. The molecule has 0 heterocycles. The Kier molecular flexibility index (Phi) is 29.3. The molecule has 0 spiro atoms. The van der Waals surface area contributed by atoms with Crippen molar-refractivity contribution in [3.63, 3.8) is 0 Å². The molecule has 0 aliphatic rings.